The topological polar surface area (TPSA) is 101 Å². The molecule has 0 spiro atoms. The van der Waals surface area contributed by atoms with E-state index in [1.54, 1.807) is 0 Å². The fraction of sp³-hybridized carbons (Fsp3) is 0.400. The second-order valence-electron chi connectivity index (χ2n) is 3.52. The van der Waals surface area contributed by atoms with Crippen LogP contribution in [-0.4, -0.2) is 36.5 Å². The summed E-state index contributed by atoms with van der Waals surface area (Å²) >= 11 is 0. The predicted molar refractivity (Wildman–Crippen MR) is 59.8 cm³/mol. The number of carbonyl (C=O) groups is 1. The van der Waals surface area contributed by atoms with Gasteiger partial charge in [-0.05, 0) is 0 Å². The minimum atomic E-state index is -5.15. The van der Waals surface area contributed by atoms with Crippen LogP contribution in [0.3, 0.4) is 0 Å². The Morgan fingerprint density at radius 2 is 2.05 bits per heavy atom. The number of nitro groups is 1. The Morgan fingerprint density at radius 1 is 1.43 bits per heavy atom. The van der Waals surface area contributed by atoms with Gasteiger partial charge in [-0.2, -0.15) is 0 Å². The lowest BCUT2D eigenvalue weighted by molar-refractivity contribution is -0.389. The molecule has 8 nitrogen and oxygen atoms in total. The van der Waals surface area contributed by atoms with E-state index < -0.39 is 40.7 Å². The van der Waals surface area contributed by atoms with Crippen molar-refractivity contribution in [2.24, 2.45) is 0 Å². The van der Waals surface area contributed by atoms with E-state index in [-0.39, 0.29) is 5.88 Å². The second kappa shape index (κ2) is 6.24. The fourth-order valence-electron chi connectivity index (χ4n) is 1.46. The van der Waals surface area contributed by atoms with Crippen LogP contribution in [0, 0.1) is 10.1 Å². The van der Waals surface area contributed by atoms with Crippen molar-refractivity contribution in [1.29, 1.82) is 0 Å². The highest BCUT2D eigenvalue weighted by Crippen LogP contribution is 2.38. The molecule has 0 saturated heterocycles. The van der Waals surface area contributed by atoms with E-state index in [9.17, 15) is 28.1 Å². The highest BCUT2D eigenvalue weighted by atomic mass is 19.4. The van der Waals surface area contributed by atoms with E-state index in [1.807, 2.05) is 0 Å². The minimum absolute atomic E-state index is 0.373. The Bertz CT molecular complexity index is 560. The number of hydrogen-bond donors (Lipinski definition) is 0. The van der Waals surface area contributed by atoms with Gasteiger partial charge in [0.25, 0.3) is 0 Å². The molecule has 0 aliphatic rings. The third kappa shape index (κ3) is 4.19. The summed E-state index contributed by atoms with van der Waals surface area (Å²) < 4.78 is 49.3. The summed E-state index contributed by atoms with van der Waals surface area (Å²) in [4.78, 5) is 24.5. The van der Waals surface area contributed by atoms with Gasteiger partial charge in [-0.3, -0.25) is 14.9 Å². The van der Waals surface area contributed by atoms with Gasteiger partial charge in [-0.1, -0.05) is 0 Å². The van der Waals surface area contributed by atoms with Crippen LogP contribution < -0.4 is 9.47 Å². The predicted octanol–water partition coefficient (Wildman–Crippen LogP) is 1.61. The molecule has 0 saturated carbocycles. The molecular weight excluding hydrogens is 301 g/mol. The van der Waals surface area contributed by atoms with E-state index in [4.69, 9.17) is 4.74 Å². The Balaban J connectivity index is 3.44. The Labute approximate surface area is 115 Å². The number of nitrogens with zero attached hydrogens (tertiary/aromatic N) is 2. The number of halogens is 3. The van der Waals surface area contributed by atoms with Gasteiger partial charge in [0, 0.05) is 0 Å². The molecule has 0 aromatic carbocycles. The third-order valence-corrected chi connectivity index (χ3v) is 2.23. The van der Waals surface area contributed by atoms with Gasteiger partial charge in [0.1, 0.15) is 5.56 Å². The van der Waals surface area contributed by atoms with Gasteiger partial charge in [-0.15, -0.1) is 13.2 Å². The average molecular weight is 310 g/mol. The maximum atomic E-state index is 12.2. The number of pyridine rings is 1. The Morgan fingerprint density at radius 3 is 2.48 bits per heavy atom. The summed E-state index contributed by atoms with van der Waals surface area (Å²) in [7, 11) is 2.11. The third-order valence-electron chi connectivity index (χ3n) is 2.23. The molecule has 0 aliphatic carbocycles. The number of methoxy groups -OCH3 is 2. The van der Waals surface area contributed by atoms with Gasteiger partial charge in [0.05, 0.1) is 31.8 Å². The number of alkyl halides is 3. The monoisotopic (exact) mass is 310 g/mol. The fourth-order valence-corrected chi connectivity index (χ4v) is 1.46. The lowest BCUT2D eigenvalue weighted by Crippen LogP contribution is -2.19. The SMILES string of the molecule is COC(=O)Cc1c(OC)ncc(OC(F)(F)F)c1[N+](=O)[O-]. The molecule has 0 fully saturated rings. The van der Waals surface area contributed by atoms with E-state index in [1.165, 1.54) is 0 Å². The highest BCUT2D eigenvalue weighted by Gasteiger charge is 2.37. The molecule has 11 heteroatoms. The molecule has 0 aliphatic heterocycles. The molecule has 0 radical (unpaired) electrons. The van der Waals surface area contributed by atoms with Crippen molar-refractivity contribution in [3.8, 4) is 11.6 Å². The molecular formula is C10H9F3N2O6. The van der Waals surface area contributed by atoms with Crippen LogP contribution in [0.25, 0.3) is 0 Å². The van der Waals surface area contributed by atoms with Crippen LogP contribution in [0.4, 0.5) is 18.9 Å². The average Bonchev–Trinajstić information content (AvgIpc) is 2.36. The quantitative estimate of drug-likeness (QED) is 0.462. The van der Waals surface area contributed by atoms with Crippen LogP contribution in [0.1, 0.15) is 5.56 Å². The number of carbonyl (C=O) groups excluding carboxylic acids is 1. The molecule has 0 atom stereocenters. The van der Waals surface area contributed by atoms with Crippen LogP contribution in [0.2, 0.25) is 0 Å². The van der Waals surface area contributed by atoms with Crippen molar-refractivity contribution in [3.05, 3.63) is 21.9 Å². The van der Waals surface area contributed by atoms with Crippen molar-refractivity contribution in [3.63, 3.8) is 0 Å². The summed E-state index contributed by atoms with van der Waals surface area (Å²) in [6, 6.07) is 0. The van der Waals surface area contributed by atoms with Crippen molar-refractivity contribution < 1.29 is 37.1 Å². The van der Waals surface area contributed by atoms with Crippen molar-refractivity contribution >= 4 is 11.7 Å². The van der Waals surface area contributed by atoms with E-state index in [0.717, 1.165) is 14.2 Å². The van der Waals surface area contributed by atoms with Gasteiger partial charge in [0.15, 0.2) is 0 Å². The smallest absolute Gasteiger partial charge is 0.481 e. The molecule has 0 amide bonds. The molecule has 21 heavy (non-hydrogen) atoms. The molecule has 116 valence electrons. The number of rotatable bonds is 5. The van der Waals surface area contributed by atoms with Crippen molar-refractivity contribution in [1.82, 2.24) is 4.98 Å². The largest absolute Gasteiger partial charge is 0.573 e. The first-order valence-electron chi connectivity index (χ1n) is 5.22. The summed E-state index contributed by atoms with van der Waals surface area (Å²) in [5.41, 5.74) is -1.54. The summed E-state index contributed by atoms with van der Waals surface area (Å²) in [6.07, 6.45) is -5.35. The van der Waals surface area contributed by atoms with Crippen LogP contribution in [-0.2, 0) is 16.0 Å². The summed E-state index contributed by atoms with van der Waals surface area (Å²) in [6.45, 7) is 0. The standard InChI is InChI=1S/C10H9F3N2O6/c1-19-7(16)3-5-8(15(17)18)6(21-10(11,12)13)4-14-9(5)20-2/h4H,3H2,1-2H3. The van der Waals surface area contributed by atoms with Crippen LogP contribution in [0.15, 0.2) is 6.20 Å². The first kappa shape index (κ1) is 16.5. The molecule has 0 unspecified atom stereocenters. The molecule has 0 N–H and O–H groups in total. The number of esters is 1. The van der Waals surface area contributed by atoms with Gasteiger partial charge >= 0.3 is 18.0 Å². The molecule has 1 aromatic heterocycles. The maximum absolute atomic E-state index is 12.2. The van der Waals surface area contributed by atoms with E-state index in [0.29, 0.717) is 6.20 Å². The lowest BCUT2D eigenvalue weighted by atomic mass is 10.1. The summed E-state index contributed by atoms with van der Waals surface area (Å²) in [5, 5.41) is 11.0. The highest BCUT2D eigenvalue weighted by molar-refractivity contribution is 5.76. The first-order chi connectivity index (χ1) is 9.69. The van der Waals surface area contributed by atoms with Crippen molar-refractivity contribution in [2.75, 3.05) is 14.2 Å². The maximum Gasteiger partial charge on any atom is 0.573 e. The molecule has 1 rings (SSSR count). The normalized spacial score (nSPS) is 10.9. The molecule has 1 heterocycles. The second-order valence-corrected chi connectivity index (χ2v) is 3.52. The Hall–Kier alpha value is -2.59. The van der Waals surface area contributed by atoms with Gasteiger partial charge in [-0.25, -0.2) is 4.98 Å². The van der Waals surface area contributed by atoms with Crippen LogP contribution in [0.5, 0.6) is 11.6 Å². The van der Waals surface area contributed by atoms with Gasteiger partial charge < -0.3 is 14.2 Å². The minimum Gasteiger partial charge on any atom is -0.481 e. The zero-order valence-corrected chi connectivity index (χ0v) is 10.8. The first-order valence-corrected chi connectivity index (χ1v) is 5.22. The Kier molecular flexibility index (Phi) is 4.89. The van der Waals surface area contributed by atoms with Crippen molar-refractivity contribution in [2.45, 2.75) is 12.8 Å². The number of hydrogen-bond acceptors (Lipinski definition) is 7. The number of aromatic nitrogens is 1. The summed E-state index contributed by atoms with van der Waals surface area (Å²) in [5.74, 6) is -2.43. The number of ether oxygens (including phenoxy) is 3. The zero-order valence-electron chi connectivity index (χ0n) is 10.8. The lowest BCUT2D eigenvalue weighted by Gasteiger charge is -2.12. The van der Waals surface area contributed by atoms with Gasteiger partial charge in [0.2, 0.25) is 11.6 Å². The zero-order chi connectivity index (χ0) is 16.2. The van der Waals surface area contributed by atoms with E-state index in [2.05, 4.69) is 14.5 Å². The molecule has 1 aromatic rings. The molecule has 0 bridgehead atoms. The van der Waals surface area contributed by atoms with Crippen LogP contribution >= 0.6 is 0 Å². The van der Waals surface area contributed by atoms with E-state index >= 15 is 0 Å².